The predicted molar refractivity (Wildman–Crippen MR) is 97.1 cm³/mol. The van der Waals surface area contributed by atoms with E-state index in [-0.39, 0.29) is 0 Å². The van der Waals surface area contributed by atoms with Crippen LogP contribution in [0.4, 0.5) is 5.69 Å². The molecule has 2 nitrogen and oxygen atoms in total. The number of hydrogen-bond donors (Lipinski definition) is 0. The van der Waals surface area contributed by atoms with Gasteiger partial charge in [0.15, 0.2) is 0 Å². The standard InChI is InChI=1S/C18H23NOSSi/c1-14-9-11-15(12-10-14)21(20)13-18(22(2,3)4)16-7-5-6-8-17(16)19-21/h5-12,18H,13H2,1-4H3/t18-,21-/m0/s1. The molecule has 3 rings (SSSR count). The van der Waals surface area contributed by atoms with Crippen molar-refractivity contribution in [3.05, 3.63) is 59.7 Å². The van der Waals surface area contributed by atoms with Gasteiger partial charge in [-0.2, -0.15) is 4.36 Å². The molecule has 2 aromatic carbocycles. The number of rotatable bonds is 2. The van der Waals surface area contributed by atoms with Gasteiger partial charge >= 0.3 is 0 Å². The molecule has 0 N–H and O–H groups in total. The molecule has 0 saturated carbocycles. The van der Waals surface area contributed by atoms with Crippen molar-refractivity contribution in [1.82, 2.24) is 0 Å². The number of aryl methyl sites for hydroxylation is 1. The van der Waals surface area contributed by atoms with Gasteiger partial charge in [-0.3, -0.25) is 0 Å². The quantitative estimate of drug-likeness (QED) is 0.702. The van der Waals surface area contributed by atoms with E-state index in [0.29, 0.717) is 11.3 Å². The van der Waals surface area contributed by atoms with Gasteiger partial charge in [0.1, 0.15) is 0 Å². The van der Waals surface area contributed by atoms with E-state index in [1.165, 1.54) is 11.1 Å². The zero-order chi connectivity index (χ0) is 16.0. The van der Waals surface area contributed by atoms with E-state index in [2.05, 4.69) is 38.7 Å². The minimum absolute atomic E-state index is 0.384. The molecule has 1 heterocycles. The lowest BCUT2D eigenvalue weighted by Gasteiger charge is -2.34. The minimum atomic E-state index is -2.37. The average molecular weight is 330 g/mol. The predicted octanol–water partition coefficient (Wildman–Crippen LogP) is 5.13. The molecule has 116 valence electrons. The Bertz CT molecular complexity index is 812. The van der Waals surface area contributed by atoms with E-state index < -0.39 is 17.8 Å². The van der Waals surface area contributed by atoms with Crippen LogP contribution < -0.4 is 0 Å². The van der Waals surface area contributed by atoms with Crippen LogP contribution >= 0.6 is 0 Å². The first-order chi connectivity index (χ1) is 10.3. The smallest absolute Gasteiger partial charge is 0.0803 e. The lowest BCUT2D eigenvalue weighted by molar-refractivity contribution is 0.673. The summed E-state index contributed by atoms with van der Waals surface area (Å²) in [6.07, 6.45) is 0. The van der Waals surface area contributed by atoms with Crippen LogP contribution in [-0.2, 0) is 9.73 Å². The Labute approximate surface area is 134 Å². The van der Waals surface area contributed by atoms with Crippen molar-refractivity contribution >= 4 is 23.5 Å². The van der Waals surface area contributed by atoms with Crippen molar-refractivity contribution < 1.29 is 4.21 Å². The third-order valence-corrected chi connectivity index (χ3v) is 9.57. The molecule has 0 bridgehead atoms. The maximum Gasteiger partial charge on any atom is 0.0803 e. The van der Waals surface area contributed by atoms with Crippen molar-refractivity contribution in [3.63, 3.8) is 0 Å². The van der Waals surface area contributed by atoms with Gasteiger partial charge in [-0.25, -0.2) is 4.21 Å². The highest BCUT2D eigenvalue weighted by atomic mass is 32.2. The molecule has 22 heavy (non-hydrogen) atoms. The van der Waals surface area contributed by atoms with Crippen LogP contribution in [0.15, 0.2) is 57.8 Å². The summed E-state index contributed by atoms with van der Waals surface area (Å²) >= 11 is 0. The van der Waals surface area contributed by atoms with Gasteiger partial charge in [-0.15, -0.1) is 0 Å². The second-order valence-electron chi connectivity index (χ2n) is 7.19. The first-order valence-electron chi connectivity index (χ1n) is 7.70. The van der Waals surface area contributed by atoms with Gasteiger partial charge in [0.25, 0.3) is 0 Å². The molecule has 1 aliphatic heterocycles. The Balaban J connectivity index is 2.20. The third-order valence-electron chi connectivity index (χ3n) is 4.39. The summed E-state index contributed by atoms with van der Waals surface area (Å²) in [5, 5.41) is 0. The molecule has 1 aliphatic rings. The minimum Gasteiger partial charge on any atom is -0.244 e. The monoisotopic (exact) mass is 329 g/mol. The highest BCUT2D eigenvalue weighted by molar-refractivity contribution is 7.94. The molecular formula is C18H23NOSSi. The largest absolute Gasteiger partial charge is 0.244 e. The van der Waals surface area contributed by atoms with E-state index in [4.69, 9.17) is 4.36 Å². The van der Waals surface area contributed by atoms with Crippen molar-refractivity contribution in [2.24, 2.45) is 4.36 Å². The molecule has 0 fully saturated rings. The Morgan fingerprint density at radius 1 is 1.05 bits per heavy atom. The molecular weight excluding hydrogens is 306 g/mol. The fourth-order valence-electron chi connectivity index (χ4n) is 2.99. The van der Waals surface area contributed by atoms with Crippen LogP contribution in [0.25, 0.3) is 0 Å². The summed E-state index contributed by atoms with van der Waals surface area (Å²) in [7, 11) is -3.85. The van der Waals surface area contributed by atoms with Crippen LogP contribution in [0.2, 0.25) is 19.6 Å². The van der Waals surface area contributed by atoms with Gasteiger partial charge in [-0.05, 0) is 36.2 Å². The van der Waals surface area contributed by atoms with E-state index >= 15 is 0 Å². The SMILES string of the molecule is Cc1ccc([S@]2(=O)=Nc3ccccc3[C@@H]([Si](C)(C)C)C2)cc1. The average Bonchev–Trinajstić information content (AvgIpc) is 2.46. The third kappa shape index (κ3) is 2.77. The first-order valence-corrected chi connectivity index (χ1v) is 13.0. The normalized spacial score (nSPS) is 24.5. The molecule has 2 atom stereocenters. The van der Waals surface area contributed by atoms with E-state index in [9.17, 15) is 4.21 Å². The maximum absolute atomic E-state index is 13.6. The number of fused-ring (bicyclic) bond motifs is 1. The fraction of sp³-hybridized carbons (Fsp3) is 0.333. The first kappa shape index (κ1) is 15.5. The lowest BCUT2D eigenvalue weighted by Crippen LogP contribution is -2.37. The topological polar surface area (TPSA) is 29.4 Å². The van der Waals surface area contributed by atoms with Crippen LogP contribution in [0, 0.1) is 6.92 Å². The van der Waals surface area contributed by atoms with Crippen molar-refractivity contribution in [3.8, 4) is 0 Å². The van der Waals surface area contributed by atoms with Crippen LogP contribution in [-0.4, -0.2) is 18.0 Å². The van der Waals surface area contributed by atoms with E-state index in [1.807, 2.05) is 36.4 Å². The Morgan fingerprint density at radius 3 is 2.32 bits per heavy atom. The van der Waals surface area contributed by atoms with Crippen LogP contribution in [0.1, 0.15) is 16.7 Å². The Kier molecular flexibility index (Phi) is 3.77. The van der Waals surface area contributed by atoms with Crippen molar-refractivity contribution in [1.29, 1.82) is 0 Å². The Morgan fingerprint density at radius 2 is 1.68 bits per heavy atom. The molecule has 0 spiro atoms. The lowest BCUT2D eigenvalue weighted by atomic mass is 10.1. The summed E-state index contributed by atoms with van der Waals surface area (Å²) in [5.74, 6) is 0.656. The summed E-state index contributed by atoms with van der Waals surface area (Å²) in [6, 6.07) is 16.3. The number of hydrogen-bond acceptors (Lipinski definition) is 2. The fourth-order valence-corrected chi connectivity index (χ4v) is 8.90. The second kappa shape index (κ2) is 5.35. The van der Waals surface area contributed by atoms with Crippen molar-refractivity contribution in [2.75, 3.05) is 5.75 Å². The summed E-state index contributed by atoms with van der Waals surface area (Å²) in [4.78, 5) is 0.871. The molecule has 0 amide bonds. The highest BCUT2D eigenvalue weighted by Gasteiger charge is 2.36. The van der Waals surface area contributed by atoms with Crippen LogP contribution in [0.5, 0.6) is 0 Å². The molecule has 0 radical (unpaired) electrons. The summed E-state index contributed by atoms with van der Waals surface area (Å²) < 4.78 is 18.3. The van der Waals surface area contributed by atoms with Crippen LogP contribution in [0.3, 0.4) is 0 Å². The van der Waals surface area contributed by atoms with Gasteiger partial charge < -0.3 is 0 Å². The maximum atomic E-state index is 13.6. The zero-order valence-corrected chi connectivity index (χ0v) is 15.5. The highest BCUT2D eigenvalue weighted by Crippen LogP contribution is 2.41. The van der Waals surface area contributed by atoms with Crippen molar-refractivity contribution in [2.45, 2.75) is 37.0 Å². The molecule has 4 heteroatoms. The summed E-state index contributed by atoms with van der Waals surface area (Å²) in [6.45, 7) is 9.12. The summed E-state index contributed by atoms with van der Waals surface area (Å²) in [5.41, 5.74) is 3.78. The molecule has 0 aliphatic carbocycles. The molecule has 0 aromatic heterocycles. The van der Waals surface area contributed by atoms with Gasteiger partial charge in [0.05, 0.1) is 23.5 Å². The van der Waals surface area contributed by atoms with Gasteiger partial charge in [-0.1, -0.05) is 55.5 Å². The molecule has 0 saturated heterocycles. The van der Waals surface area contributed by atoms with Gasteiger partial charge in [0, 0.05) is 10.6 Å². The number of benzene rings is 2. The molecule has 0 unspecified atom stereocenters. The molecule has 2 aromatic rings. The van der Waals surface area contributed by atoms with Gasteiger partial charge in [0.2, 0.25) is 0 Å². The van der Waals surface area contributed by atoms with E-state index in [1.54, 1.807) is 0 Å². The Hall–Kier alpha value is -1.39. The second-order valence-corrected chi connectivity index (χ2v) is 14.9. The number of nitrogens with zero attached hydrogens (tertiary/aromatic N) is 1. The zero-order valence-electron chi connectivity index (χ0n) is 13.7. The van der Waals surface area contributed by atoms with E-state index in [0.717, 1.165) is 10.6 Å².